The predicted molar refractivity (Wildman–Crippen MR) is 82.6 cm³/mol. The molecule has 0 fully saturated rings. The van der Waals surface area contributed by atoms with Gasteiger partial charge in [0.2, 0.25) is 0 Å². The Morgan fingerprint density at radius 3 is 2.26 bits per heavy atom. The van der Waals surface area contributed by atoms with Gasteiger partial charge in [-0.3, -0.25) is 0 Å². The van der Waals surface area contributed by atoms with Crippen molar-refractivity contribution in [2.45, 2.75) is 33.7 Å². The van der Waals surface area contributed by atoms with Gasteiger partial charge in [-0.15, -0.1) is 0 Å². The first-order valence-electron chi connectivity index (χ1n) is 6.99. The van der Waals surface area contributed by atoms with Crippen LogP contribution in [0.5, 0.6) is 0 Å². The van der Waals surface area contributed by atoms with Gasteiger partial charge in [0.15, 0.2) is 0 Å². The summed E-state index contributed by atoms with van der Waals surface area (Å²) in [6, 6.07) is 15.6. The Bertz CT molecular complexity index is 557. The molecule has 0 saturated heterocycles. The van der Waals surface area contributed by atoms with E-state index >= 15 is 0 Å². The first-order valence-corrected chi connectivity index (χ1v) is 6.99. The van der Waals surface area contributed by atoms with Crippen LogP contribution < -0.4 is 5.32 Å². The first-order chi connectivity index (χ1) is 9.13. The standard InChI is InChI=1S/C18H23N/c1-5-19-18(16-9-7-6-8-14(16)3)17-12-13(2)10-11-15(17)4/h6-12,18-19H,5H2,1-4H3. The average molecular weight is 253 g/mol. The molecule has 0 spiro atoms. The molecule has 2 aromatic rings. The lowest BCUT2D eigenvalue weighted by Gasteiger charge is -2.23. The minimum atomic E-state index is 0.283. The van der Waals surface area contributed by atoms with E-state index in [4.69, 9.17) is 0 Å². The second kappa shape index (κ2) is 6.03. The quantitative estimate of drug-likeness (QED) is 0.856. The minimum absolute atomic E-state index is 0.283. The molecule has 0 aliphatic rings. The summed E-state index contributed by atoms with van der Waals surface area (Å²) in [6.07, 6.45) is 0. The van der Waals surface area contributed by atoms with Gasteiger partial charge in [-0.2, -0.15) is 0 Å². The van der Waals surface area contributed by atoms with Gasteiger partial charge < -0.3 is 5.32 Å². The Morgan fingerprint density at radius 2 is 1.58 bits per heavy atom. The van der Waals surface area contributed by atoms with Crippen molar-refractivity contribution in [1.29, 1.82) is 0 Å². The molecular weight excluding hydrogens is 230 g/mol. The third kappa shape index (κ3) is 3.05. The molecule has 0 aliphatic carbocycles. The van der Waals surface area contributed by atoms with Crippen LogP contribution in [0.3, 0.4) is 0 Å². The number of rotatable bonds is 4. The lowest BCUT2D eigenvalue weighted by Crippen LogP contribution is -2.23. The molecule has 0 radical (unpaired) electrons. The molecule has 0 aromatic heterocycles. The maximum atomic E-state index is 3.62. The third-order valence-corrected chi connectivity index (χ3v) is 3.65. The van der Waals surface area contributed by atoms with Crippen LogP contribution in [0.1, 0.15) is 40.8 Å². The van der Waals surface area contributed by atoms with Crippen LogP contribution in [0.25, 0.3) is 0 Å². The molecule has 0 amide bonds. The summed E-state index contributed by atoms with van der Waals surface area (Å²) in [6.45, 7) is 9.66. The molecule has 0 saturated carbocycles. The van der Waals surface area contributed by atoms with Crippen molar-refractivity contribution in [2.24, 2.45) is 0 Å². The molecule has 0 heterocycles. The van der Waals surface area contributed by atoms with Crippen LogP contribution >= 0.6 is 0 Å². The van der Waals surface area contributed by atoms with E-state index in [-0.39, 0.29) is 6.04 Å². The average Bonchev–Trinajstić information content (AvgIpc) is 2.40. The van der Waals surface area contributed by atoms with Crippen LogP contribution in [0.2, 0.25) is 0 Å². The topological polar surface area (TPSA) is 12.0 Å². The van der Waals surface area contributed by atoms with Crippen molar-refractivity contribution >= 4 is 0 Å². The summed E-state index contributed by atoms with van der Waals surface area (Å²) >= 11 is 0. The SMILES string of the molecule is CCNC(c1ccccc1C)c1cc(C)ccc1C. The zero-order valence-electron chi connectivity index (χ0n) is 12.3. The maximum absolute atomic E-state index is 3.62. The predicted octanol–water partition coefficient (Wildman–Crippen LogP) is 4.31. The molecule has 1 atom stereocenters. The summed E-state index contributed by atoms with van der Waals surface area (Å²) in [7, 11) is 0. The van der Waals surface area contributed by atoms with Gasteiger partial charge in [0, 0.05) is 0 Å². The van der Waals surface area contributed by atoms with Crippen LogP contribution in [0.4, 0.5) is 0 Å². The molecule has 19 heavy (non-hydrogen) atoms. The molecule has 1 nitrogen and oxygen atoms in total. The van der Waals surface area contributed by atoms with E-state index in [1.165, 1.54) is 27.8 Å². The van der Waals surface area contributed by atoms with Crippen LogP contribution in [0, 0.1) is 20.8 Å². The Morgan fingerprint density at radius 1 is 0.895 bits per heavy atom. The number of nitrogens with one attached hydrogen (secondary N) is 1. The zero-order valence-corrected chi connectivity index (χ0v) is 12.3. The highest BCUT2D eigenvalue weighted by atomic mass is 14.9. The third-order valence-electron chi connectivity index (χ3n) is 3.65. The highest BCUT2D eigenvalue weighted by Crippen LogP contribution is 2.27. The van der Waals surface area contributed by atoms with Crippen molar-refractivity contribution in [2.75, 3.05) is 6.54 Å². The van der Waals surface area contributed by atoms with Crippen molar-refractivity contribution in [3.05, 3.63) is 70.3 Å². The van der Waals surface area contributed by atoms with Crippen molar-refractivity contribution in [1.82, 2.24) is 5.32 Å². The Kier molecular flexibility index (Phi) is 4.39. The van der Waals surface area contributed by atoms with Gasteiger partial charge >= 0.3 is 0 Å². The normalized spacial score (nSPS) is 12.4. The molecule has 0 aliphatic heterocycles. The van der Waals surface area contributed by atoms with Gasteiger partial charge in [0.05, 0.1) is 6.04 Å². The van der Waals surface area contributed by atoms with Crippen molar-refractivity contribution in [3.63, 3.8) is 0 Å². The molecule has 1 heteroatoms. The largest absolute Gasteiger partial charge is 0.307 e. The van der Waals surface area contributed by atoms with E-state index < -0.39 is 0 Å². The maximum Gasteiger partial charge on any atom is 0.0581 e. The van der Waals surface area contributed by atoms with Gasteiger partial charge in [0.25, 0.3) is 0 Å². The van der Waals surface area contributed by atoms with E-state index in [2.05, 4.69) is 75.5 Å². The number of aryl methyl sites for hydroxylation is 3. The second-order valence-corrected chi connectivity index (χ2v) is 5.21. The van der Waals surface area contributed by atoms with E-state index in [9.17, 15) is 0 Å². The molecule has 2 aromatic carbocycles. The van der Waals surface area contributed by atoms with Crippen molar-refractivity contribution in [3.8, 4) is 0 Å². The molecule has 0 bridgehead atoms. The van der Waals surface area contributed by atoms with Gasteiger partial charge in [-0.1, -0.05) is 55.0 Å². The fourth-order valence-electron chi connectivity index (χ4n) is 2.57. The summed E-state index contributed by atoms with van der Waals surface area (Å²) < 4.78 is 0. The van der Waals surface area contributed by atoms with Crippen LogP contribution in [0.15, 0.2) is 42.5 Å². The molecular formula is C18H23N. The van der Waals surface area contributed by atoms with Crippen LogP contribution in [-0.2, 0) is 0 Å². The monoisotopic (exact) mass is 253 g/mol. The summed E-state index contributed by atoms with van der Waals surface area (Å²) in [5.74, 6) is 0. The Labute approximate surface area is 116 Å². The Hall–Kier alpha value is -1.60. The van der Waals surface area contributed by atoms with E-state index in [0.29, 0.717) is 0 Å². The Balaban J connectivity index is 2.51. The van der Waals surface area contributed by atoms with Gasteiger partial charge in [-0.25, -0.2) is 0 Å². The van der Waals surface area contributed by atoms with Crippen molar-refractivity contribution < 1.29 is 0 Å². The van der Waals surface area contributed by atoms with E-state index in [1.807, 2.05) is 0 Å². The number of hydrogen-bond donors (Lipinski definition) is 1. The summed E-state index contributed by atoms with van der Waals surface area (Å²) in [4.78, 5) is 0. The highest BCUT2D eigenvalue weighted by molar-refractivity contribution is 5.41. The van der Waals surface area contributed by atoms with E-state index in [1.54, 1.807) is 0 Å². The molecule has 1 unspecified atom stereocenters. The lowest BCUT2D eigenvalue weighted by molar-refractivity contribution is 0.624. The smallest absolute Gasteiger partial charge is 0.0581 e. The molecule has 1 N–H and O–H groups in total. The second-order valence-electron chi connectivity index (χ2n) is 5.21. The van der Waals surface area contributed by atoms with Gasteiger partial charge in [0.1, 0.15) is 0 Å². The summed E-state index contributed by atoms with van der Waals surface area (Å²) in [5.41, 5.74) is 6.76. The fraction of sp³-hybridized carbons (Fsp3) is 0.333. The fourth-order valence-corrected chi connectivity index (χ4v) is 2.57. The first kappa shape index (κ1) is 13.8. The minimum Gasteiger partial charge on any atom is -0.307 e. The number of benzene rings is 2. The number of hydrogen-bond acceptors (Lipinski definition) is 1. The van der Waals surface area contributed by atoms with Gasteiger partial charge in [-0.05, 0) is 49.6 Å². The lowest BCUT2D eigenvalue weighted by atomic mass is 9.91. The molecule has 2 rings (SSSR count). The summed E-state index contributed by atoms with van der Waals surface area (Å²) in [5, 5.41) is 3.62. The van der Waals surface area contributed by atoms with E-state index in [0.717, 1.165) is 6.54 Å². The highest BCUT2D eigenvalue weighted by Gasteiger charge is 2.16. The molecule has 100 valence electrons. The van der Waals surface area contributed by atoms with Crippen LogP contribution in [-0.4, -0.2) is 6.54 Å². The zero-order chi connectivity index (χ0) is 13.8.